The molecule has 0 atom stereocenters. The summed E-state index contributed by atoms with van der Waals surface area (Å²) in [5.41, 5.74) is 1.90. The minimum absolute atomic E-state index is 0.00277. The van der Waals surface area contributed by atoms with Gasteiger partial charge in [0.2, 0.25) is 6.79 Å². The van der Waals surface area contributed by atoms with Crippen LogP contribution in [-0.2, 0) is 0 Å². The number of nitro benzene ring substituents is 1. The van der Waals surface area contributed by atoms with E-state index in [1.54, 1.807) is 18.2 Å². The lowest BCUT2D eigenvalue weighted by molar-refractivity contribution is -0.383. The van der Waals surface area contributed by atoms with Crippen molar-refractivity contribution in [3.05, 3.63) is 68.3 Å². The molecule has 0 saturated carbocycles. The second-order valence-corrected chi connectivity index (χ2v) is 6.26. The molecule has 0 spiro atoms. The van der Waals surface area contributed by atoms with Crippen molar-refractivity contribution in [1.82, 2.24) is 4.98 Å². The fourth-order valence-electron chi connectivity index (χ4n) is 2.62. The van der Waals surface area contributed by atoms with E-state index >= 15 is 0 Å². The standard InChI is InChI=1S/C18H11BrN2O4/c19-14-9-17-16(24-10-25-17)8-12(14)5-7-13-6-4-11-2-1-3-15(21(22)23)18(11)20-13/h1-9H,10H2. The Bertz CT molecular complexity index is 1030. The zero-order valence-corrected chi connectivity index (χ0v) is 14.4. The molecule has 7 heteroatoms. The lowest BCUT2D eigenvalue weighted by Gasteiger charge is -2.03. The van der Waals surface area contributed by atoms with Crippen molar-refractivity contribution in [2.24, 2.45) is 0 Å². The van der Waals surface area contributed by atoms with Gasteiger partial charge in [-0.3, -0.25) is 10.1 Å². The van der Waals surface area contributed by atoms with Gasteiger partial charge >= 0.3 is 0 Å². The maximum absolute atomic E-state index is 11.2. The van der Waals surface area contributed by atoms with Crippen molar-refractivity contribution in [2.75, 3.05) is 6.79 Å². The molecule has 2 heterocycles. The summed E-state index contributed by atoms with van der Waals surface area (Å²) in [6, 6.07) is 12.3. The van der Waals surface area contributed by atoms with Crippen LogP contribution in [-0.4, -0.2) is 16.7 Å². The number of non-ortho nitro benzene ring substituents is 1. The molecule has 1 aliphatic heterocycles. The maximum Gasteiger partial charge on any atom is 0.295 e. The summed E-state index contributed by atoms with van der Waals surface area (Å²) in [6.45, 7) is 0.213. The molecule has 1 aliphatic rings. The van der Waals surface area contributed by atoms with E-state index in [9.17, 15) is 10.1 Å². The number of benzene rings is 2. The van der Waals surface area contributed by atoms with Crippen LogP contribution in [0, 0.1) is 10.1 Å². The quantitative estimate of drug-likeness (QED) is 0.467. The minimum atomic E-state index is -0.419. The third-order valence-corrected chi connectivity index (χ3v) is 4.53. The summed E-state index contributed by atoms with van der Waals surface area (Å²) < 4.78 is 11.6. The lowest BCUT2D eigenvalue weighted by Crippen LogP contribution is -1.92. The third kappa shape index (κ3) is 2.94. The van der Waals surface area contributed by atoms with Gasteiger partial charge in [0.05, 0.1) is 10.6 Å². The van der Waals surface area contributed by atoms with E-state index in [2.05, 4.69) is 20.9 Å². The Labute approximate surface area is 151 Å². The maximum atomic E-state index is 11.2. The average Bonchev–Trinajstić information content (AvgIpc) is 3.05. The van der Waals surface area contributed by atoms with Gasteiger partial charge in [0, 0.05) is 15.9 Å². The second-order valence-electron chi connectivity index (χ2n) is 5.40. The van der Waals surface area contributed by atoms with E-state index in [0.29, 0.717) is 22.7 Å². The smallest absolute Gasteiger partial charge is 0.295 e. The van der Waals surface area contributed by atoms with Crippen LogP contribution in [0.5, 0.6) is 11.5 Å². The van der Waals surface area contributed by atoms with Crippen molar-refractivity contribution < 1.29 is 14.4 Å². The first kappa shape index (κ1) is 15.6. The number of hydrogen-bond acceptors (Lipinski definition) is 5. The van der Waals surface area contributed by atoms with Crippen molar-refractivity contribution in [1.29, 1.82) is 0 Å². The zero-order valence-electron chi connectivity index (χ0n) is 12.8. The number of pyridine rings is 1. The molecule has 0 fully saturated rings. The molecule has 0 saturated heterocycles. The first-order chi connectivity index (χ1) is 12.1. The van der Waals surface area contributed by atoms with Gasteiger partial charge in [-0.2, -0.15) is 0 Å². The van der Waals surface area contributed by atoms with Crippen molar-refractivity contribution >= 4 is 44.7 Å². The monoisotopic (exact) mass is 398 g/mol. The van der Waals surface area contributed by atoms with Crippen LogP contribution in [0.15, 0.2) is 46.9 Å². The van der Waals surface area contributed by atoms with Gasteiger partial charge in [-0.1, -0.05) is 40.2 Å². The Morgan fingerprint density at radius 3 is 2.72 bits per heavy atom. The van der Waals surface area contributed by atoms with E-state index in [1.807, 2.05) is 30.3 Å². The molecule has 0 N–H and O–H groups in total. The molecule has 4 rings (SSSR count). The van der Waals surface area contributed by atoms with Gasteiger partial charge in [0.1, 0.15) is 5.52 Å². The van der Waals surface area contributed by atoms with Crippen molar-refractivity contribution in [3.8, 4) is 11.5 Å². The molecule has 1 aromatic heterocycles. The van der Waals surface area contributed by atoms with E-state index in [4.69, 9.17) is 9.47 Å². The number of aromatic nitrogens is 1. The number of fused-ring (bicyclic) bond motifs is 2. The number of para-hydroxylation sites is 1. The van der Waals surface area contributed by atoms with Crippen LogP contribution in [0.1, 0.15) is 11.3 Å². The van der Waals surface area contributed by atoms with Crippen LogP contribution in [0.2, 0.25) is 0 Å². The van der Waals surface area contributed by atoms with Gasteiger partial charge in [0.15, 0.2) is 11.5 Å². The highest BCUT2D eigenvalue weighted by Gasteiger charge is 2.15. The number of rotatable bonds is 3. The molecule has 25 heavy (non-hydrogen) atoms. The Kier molecular flexibility index (Phi) is 3.85. The van der Waals surface area contributed by atoms with Crippen molar-refractivity contribution in [3.63, 3.8) is 0 Å². The molecular weight excluding hydrogens is 388 g/mol. The number of hydrogen-bond donors (Lipinski definition) is 0. The summed E-state index contributed by atoms with van der Waals surface area (Å²) in [4.78, 5) is 15.2. The third-order valence-electron chi connectivity index (χ3n) is 3.84. The normalized spacial score (nSPS) is 12.8. The molecule has 0 radical (unpaired) electrons. The molecule has 0 aliphatic carbocycles. The van der Waals surface area contributed by atoms with Crippen LogP contribution < -0.4 is 9.47 Å². The molecule has 0 amide bonds. The SMILES string of the molecule is O=[N+]([O-])c1cccc2ccc(C=Cc3cc4c(cc3Br)OCO4)nc12. The highest BCUT2D eigenvalue weighted by atomic mass is 79.9. The number of ether oxygens (including phenoxy) is 2. The Morgan fingerprint density at radius 1 is 1.12 bits per heavy atom. The molecule has 0 unspecified atom stereocenters. The second kappa shape index (κ2) is 6.18. The molecule has 2 aromatic carbocycles. The lowest BCUT2D eigenvalue weighted by atomic mass is 10.1. The highest BCUT2D eigenvalue weighted by Crippen LogP contribution is 2.37. The van der Waals surface area contributed by atoms with Gasteiger partial charge in [-0.15, -0.1) is 0 Å². The fraction of sp³-hybridized carbons (Fsp3) is 0.0556. The average molecular weight is 399 g/mol. The van der Waals surface area contributed by atoms with E-state index in [0.717, 1.165) is 15.4 Å². The predicted octanol–water partition coefficient (Wildman–Crippen LogP) is 4.80. The Morgan fingerprint density at radius 2 is 1.92 bits per heavy atom. The number of nitrogens with zero attached hydrogens (tertiary/aromatic N) is 2. The van der Waals surface area contributed by atoms with Crippen molar-refractivity contribution in [2.45, 2.75) is 0 Å². The van der Waals surface area contributed by atoms with E-state index in [-0.39, 0.29) is 12.5 Å². The van der Waals surface area contributed by atoms with Gasteiger partial charge in [-0.25, -0.2) is 4.98 Å². The number of halogens is 1. The van der Waals surface area contributed by atoms with Crippen LogP contribution in [0.25, 0.3) is 23.1 Å². The topological polar surface area (TPSA) is 74.5 Å². The summed E-state index contributed by atoms with van der Waals surface area (Å²) in [5, 5.41) is 11.9. The largest absolute Gasteiger partial charge is 0.454 e. The Balaban J connectivity index is 1.72. The summed E-state index contributed by atoms with van der Waals surface area (Å²) in [7, 11) is 0. The number of nitro groups is 1. The van der Waals surface area contributed by atoms with Gasteiger partial charge in [0.25, 0.3) is 5.69 Å². The first-order valence-corrected chi connectivity index (χ1v) is 8.22. The Hall–Kier alpha value is -2.93. The van der Waals surface area contributed by atoms with Gasteiger partial charge < -0.3 is 9.47 Å². The van der Waals surface area contributed by atoms with Crippen LogP contribution in [0.3, 0.4) is 0 Å². The zero-order chi connectivity index (χ0) is 17.4. The first-order valence-electron chi connectivity index (χ1n) is 7.43. The van der Waals surface area contributed by atoms with Gasteiger partial charge in [-0.05, 0) is 29.8 Å². The summed E-state index contributed by atoms with van der Waals surface area (Å²) in [6.07, 6.45) is 3.67. The van der Waals surface area contributed by atoms with Crippen LogP contribution >= 0.6 is 15.9 Å². The molecular formula is C18H11BrN2O4. The molecule has 124 valence electrons. The summed E-state index contributed by atoms with van der Waals surface area (Å²) >= 11 is 3.50. The van der Waals surface area contributed by atoms with E-state index in [1.165, 1.54) is 6.07 Å². The highest BCUT2D eigenvalue weighted by molar-refractivity contribution is 9.10. The predicted molar refractivity (Wildman–Crippen MR) is 97.6 cm³/mol. The molecule has 6 nitrogen and oxygen atoms in total. The fourth-order valence-corrected chi connectivity index (χ4v) is 3.08. The minimum Gasteiger partial charge on any atom is -0.454 e. The van der Waals surface area contributed by atoms with Crippen LogP contribution in [0.4, 0.5) is 5.69 Å². The molecule has 0 bridgehead atoms. The molecule has 3 aromatic rings. The van der Waals surface area contributed by atoms with E-state index < -0.39 is 4.92 Å². The summed E-state index contributed by atoms with van der Waals surface area (Å²) in [5.74, 6) is 1.38.